The standard InChI is InChI=1S/C31H35Cl2N3O4S/c1-3-28(31(38)34-25-11-7-8-12-25)35(20-23-9-5-4-6-10-23)30(37)21-36(29-19-24(32)15-18-27(29)33)41(39,40)26-16-13-22(2)14-17-26/h4-6,9-10,13-19,25,28H,3,7-8,11-12,20-21H2,1-2H3,(H,34,38)/t28-/m1/s1. The monoisotopic (exact) mass is 615 g/mol. The number of carbonyl (C=O) groups is 2. The SMILES string of the molecule is CC[C@H](C(=O)NC1CCCC1)N(Cc1ccccc1)C(=O)CN(c1cc(Cl)ccc1Cl)S(=O)(=O)c1ccc(C)cc1. The van der Waals surface area contributed by atoms with Crippen molar-refractivity contribution < 1.29 is 18.0 Å². The molecule has 218 valence electrons. The topological polar surface area (TPSA) is 86.8 Å². The first kappa shape index (κ1) is 30.9. The maximum Gasteiger partial charge on any atom is 0.264 e. The van der Waals surface area contributed by atoms with E-state index in [9.17, 15) is 18.0 Å². The number of nitrogens with zero attached hydrogens (tertiary/aromatic N) is 2. The second-order valence-electron chi connectivity index (χ2n) is 10.3. The summed E-state index contributed by atoms with van der Waals surface area (Å²) in [6.45, 7) is 3.27. The summed E-state index contributed by atoms with van der Waals surface area (Å²) >= 11 is 12.7. The Morgan fingerprint density at radius 1 is 0.976 bits per heavy atom. The third kappa shape index (κ3) is 7.61. The zero-order chi connectivity index (χ0) is 29.6. The van der Waals surface area contributed by atoms with E-state index < -0.39 is 28.5 Å². The van der Waals surface area contributed by atoms with E-state index in [2.05, 4.69) is 5.32 Å². The molecule has 41 heavy (non-hydrogen) atoms. The van der Waals surface area contributed by atoms with Gasteiger partial charge in [0.25, 0.3) is 10.0 Å². The Labute approximate surface area is 252 Å². The van der Waals surface area contributed by atoms with Gasteiger partial charge in [-0.2, -0.15) is 0 Å². The average molecular weight is 617 g/mol. The molecule has 1 aliphatic rings. The number of benzene rings is 3. The molecule has 0 aromatic heterocycles. The number of hydrogen-bond donors (Lipinski definition) is 1. The molecule has 3 aromatic rings. The number of hydrogen-bond acceptors (Lipinski definition) is 4. The average Bonchev–Trinajstić information content (AvgIpc) is 3.46. The lowest BCUT2D eigenvalue weighted by Crippen LogP contribution is -2.53. The molecule has 3 aromatic carbocycles. The Morgan fingerprint density at radius 2 is 1.63 bits per heavy atom. The van der Waals surface area contributed by atoms with Crippen LogP contribution in [0.1, 0.15) is 50.2 Å². The van der Waals surface area contributed by atoms with Crippen LogP contribution in [0, 0.1) is 6.92 Å². The molecule has 1 aliphatic carbocycles. The fourth-order valence-electron chi connectivity index (χ4n) is 5.09. The van der Waals surface area contributed by atoms with E-state index in [-0.39, 0.29) is 39.1 Å². The highest BCUT2D eigenvalue weighted by molar-refractivity contribution is 7.92. The van der Waals surface area contributed by atoms with Crippen molar-refractivity contribution in [2.45, 2.75) is 69.5 Å². The van der Waals surface area contributed by atoms with Crippen LogP contribution in [-0.2, 0) is 26.2 Å². The minimum Gasteiger partial charge on any atom is -0.352 e. The predicted molar refractivity (Wildman–Crippen MR) is 164 cm³/mol. The van der Waals surface area contributed by atoms with Gasteiger partial charge in [-0.15, -0.1) is 0 Å². The summed E-state index contributed by atoms with van der Waals surface area (Å²) < 4.78 is 29.0. The van der Waals surface area contributed by atoms with Crippen molar-refractivity contribution >= 4 is 50.7 Å². The zero-order valence-electron chi connectivity index (χ0n) is 23.2. The Hall–Kier alpha value is -3.07. The van der Waals surface area contributed by atoms with Crippen molar-refractivity contribution in [2.75, 3.05) is 10.8 Å². The van der Waals surface area contributed by atoms with Crippen LogP contribution >= 0.6 is 23.2 Å². The van der Waals surface area contributed by atoms with Gasteiger partial charge >= 0.3 is 0 Å². The third-order valence-corrected chi connectivity index (χ3v) is 9.68. The number of sulfonamides is 1. The van der Waals surface area contributed by atoms with Crippen molar-refractivity contribution in [2.24, 2.45) is 0 Å². The van der Waals surface area contributed by atoms with E-state index >= 15 is 0 Å². The molecule has 10 heteroatoms. The van der Waals surface area contributed by atoms with Gasteiger partial charge in [-0.1, -0.05) is 91.0 Å². The fourth-order valence-corrected chi connectivity index (χ4v) is 6.96. The molecule has 1 N–H and O–H groups in total. The summed E-state index contributed by atoms with van der Waals surface area (Å²) in [5.41, 5.74) is 1.79. The molecule has 1 saturated carbocycles. The Balaban J connectivity index is 1.73. The first-order valence-corrected chi connectivity index (χ1v) is 16.0. The lowest BCUT2D eigenvalue weighted by molar-refractivity contribution is -0.140. The Morgan fingerprint density at radius 3 is 2.27 bits per heavy atom. The van der Waals surface area contributed by atoms with Crippen LogP contribution in [0.5, 0.6) is 0 Å². The lowest BCUT2D eigenvalue weighted by Gasteiger charge is -2.34. The molecule has 0 saturated heterocycles. The Kier molecular flexibility index (Phi) is 10.3. The molecule has 0 heterocycles. The molecule has 1 fully saturated rings. The molecule has 0 aliphatic heterocycles. The number of rotatable bonds is 11. The maximum atomic E-state index is 14.2. The molecule has 0 spiro atoms. The largest absolute Gasteiger partial charge is 0.352 e. The molecule has 1 atom stereocenters. The highest BCUT2D eigenvalue weighted by atomic mass is 35.5. The van der Waals surface area contributed by atoms with Crippen LogP contribution in [0.15, 0.2) is 77.7 Å². The first-order valence-electron chi connectivity index (χ1n) is 13.8. The number of carbonyl (C=O) groups excluding carboxylic acids is 2. The van der Waals surface area contributed by atoms with Crippen molar-refractivity contribution in [3.05, 3.63) is 94.0 Å². The van der Waals surface area contributed by atoms with Gasteiger partial charge < -0.3 is 10.2 Å². The Bertz CT molecular complexity index is 1460. The number of anilines is 1. The van der Waals surface area contributed by atoms with Crippen LogP contribution in [0.4, 0.5) is 5.69 Å². The number of halogens is 2. The van der Waals surface area contributed by atoms with Gasteiger partial charge in [-0.25, -0.2) is 8.42 Å². The quantitative estimate of drug-likeness (QED) is 0.272. The van der Waals surface area contributed by atoms with Gasteiger partial charge in [-0.05, 0) is 62.1 Å². The molecule has 0 radical (unpaired) electrons. The fraction of sp³-hybridized carbons (Fsp3) is 0.355. The van der Waals surface area contributed by atoms with Crippen molar-refractivity contribution in [1.82, 2.24) is 10.2 Å². The van der Waals surface area contributed by atoms with E-state index in [1.807, 2.05) is 44.2 Å². The molecule has 4 rings (SSSR count). The summed E-state index contributed by atoms with van der Waals surface area (Å²) in [6.07, 6.45) is 4.29. The first-order chi connectivity index (χ1) is 19.6. The van der Waals surface area contributed by atoms with Crippen LogP contribution < -0.4 is 9.62 Å². The minimum atomic E-state index is -4.24. The second-order valence-corrected chi connectivity index (χ2v) is 13.0. The summed E-state index contributed by atoms with van der Waals surface area (Å²) in [7, 11) is -4.24. The van der Waals surface area contributed by atoms with Gasteiger partial charge in [0.15, 0.2) is 0 Å². The summed E-state index contributed by atoms with van der Waals surface area (Å²) in [6, 6.07) is 19.5. The maximum absolute atomic E-state index is 14.2. The van der Waals surface area contributed by atoms with E-state index in [0.717, 1.165) is 41.1 Å². The summed E-state index contributed by atoms with van der Waals surface area (Å²) in [5, 5.41) is 3.50. The smallest absolute Gasteiger partial charge is 0.264 e. The van der Waals surface area contributed by atoms with Crippen LogP contribution in [0.3, 0.4) is 0 Å². The van der Waals surface area contributed by atoms with Crippen molar-refractivity contribution in [3.8, 4) is 0 Å². The predicted octanol–water partition coefficient (Wildman–Crippen LogP) is 6.36. The van der Waals surface area contributed by atoms with Gasteiger partial charge in [0.2, 0.25) is 11.8 Å². The third-order valence-electron chi connectivity index (χ3n) is 7.35. The normalized spacial score (nSPS) is 14.4. The van der Waals surface area contributed by atoms with Crippen molar-refractivity contribution in [1.29, 1.82) is 0 Å². The van der Waals surface area contributed by atoms with Gasteiger partial charge in [0.1, 0.15) is 12.6 Å². The van der Waals surface area contributed by atoms with E-state index in [0.29, 0.717) is 6.42 Å². The zero-order valence-corrected chi connectivity index (χ0v) is 25.6. The van der Waals surface area contributed by atoms with Gasteiger partial charge in [-0.3, -0.25) is 13.9 Å². The minimum absolute atomic E-state index is 0.00701. The molecule has 7 nitrogen and oxygen atoms in total. The van der Waals surface area contributed by atoms with Crippen LogP contribution in [-0.4, -0.2) is 43.8 Å². The number of nitrogens with one attached hydrogen (secondary N) is 1. The summed E-state index contributed by atoms with van der Waals surface area (Å²) in [4.78, 5) is 29.1. The number of aryl methyl sites for hydroxylation is 1. The molecule has 0 unspecified atom stereocenters. The highest BCUT2D eigenvalue weighted by Gasteiger charge is 2.35. The molecule has 2 amide bonds. The van der Waals surface area contributed by atoms with E-state index in [1.165, 1.54) is 29.2 Å². The second kappa shape index (κ2) is 13.7. The van der Waals surface area contributed by atoms with Gasteiger partial charge in [0, 0.05) is 17.6 Å². The number of amides is 2. The van der Waals surface area contributed by atoms with E-state index in [1.54, 1.807) is 18.2 Å². The van der Waals surface area contributed by atoms with E-state index in [4.69, 9.17) is 23.2 Å². The lowest BCUT2D eigenvalue weighted by atomic mass is 10.1. The van der Waals surface area contributed by atoms with Crippen LogP contribution in [0.2, 0.25) is 10.0 Å². The molecule has 0 bridgehead atoms. The highest BCUT2D eigenvalue weighted by Crippen LogP contribution is 2.33. The molecular formula is C31H35Cl2N3O4S. The summed E-state index contributed by atoms with van der Waals surface area (Å²) in [5.74, 6) is -0.772. The molecular weight excluding hydrogens is 581 g/mol. The van der Waals surface area contributed by atoms with Crippen molar-refractivity contribution in [3.63, 3.8) is 0 Å². The van der Waals surface area contributed by atoms with Gasteiger partial charge in [0.05, 0.1) is 15.6 Å². The van der Waals surface area contributed by atoms with Crippen LogP contribution in [0.25, 0.3) is 0 Å².